The molecular weight excluding hydrogens is 616 g/mol. The molecule has 13 heteroatoms. The van der Waals surface area contributed by atoms with E-state index in [0.29, 0.717) is 66.4 Å². The van der Waals surface area contributed by atoms with E-state index in [4.69, 9.17) is 4.74 Å². The first kappa shape index (κ1) is 31.7. The number of hydrogen-bond acceptors (Lipinski definition) is 7. The first-order valence-corrected chi connectivity index (χ1v) is 15.3. The quantitative estimate of drug-likeness (QED) is 0.312. The Bertz CT molecular complexity index is 1780. The molecule has 3 aliphatic rings. The van der Waals surface area contributed by atoms with Crippen molar-refractivity contribution in [3.05, 3.63) is 71.7 Å². The van der Waals surface area contributed by atoms with Crippen LogP contribution in [0.2, 0.25) is 0 Å². The van der Waals surface area contributed by atoms with Gasteiger partial charge in [0.05, 0.1) is 19.0 Å². The Morgan fingerprint density at radius 2 is 1.70 bits per heavy atom. The van der Waals surface area contributed by atoms with E-state index in [9.17, 15) is 18.4 Å². The van der Waals surface area contributed by atoms with Crippen LogP contribution in [-0.2, 0) is 4.79 Å². The zero-order valence-electron chi connectivity index (χ0n) is 25.6. The standard InChI is InChI=1S/C33H35F2N7O3.ClH/c1-19-15-22(39-30-31-38-18-25(42(31)10-9-37-30)24-7-8-26(45-2)29(35)28(24)34)5-6-23(19)32(43)40-11-13-41(14-12-40)33(44)27-20-3-4-21(27)17-36-16-20;/h5-10,15,18,20-21,27,36H,3-4,11-14,16-17H2,1-2H3,(H,37,39);1H. The number of aryl methyl sites for hydroxylation is 1. The number of imidazole rings is 1. The van der Waals surface area contributed by atoms with E-state index in [0.717, 1.165) is 31.5 Å². The van der Waals surface area contributed by atoms with Gasteiger partial charge in [-0.25, -0.2) is 14.4 Å². The molecule has 46 heavy (non-hydrogen) atoms. The summed E-state index contributed by atoms with van der Waals surface area (Å²) in [6, 6.07) is 8.28. The average molecular weight is 652 g/mol. The highest BCUT2D eigenvalue weighted by Crippen LogP contribution is 2.40. The van der Waals surface area contributed by atoms with Crippen molar-refractivity contribution in [2.24, 2.45) is 17.8 Å². The van der Waals surface area contributed by atoms with Crippen LogP contribution in [0.25, 0.3) is 16.9 Å². The van der Waals surface area contributed by atoms with Gasteiger partial charge in [-0.15, -0.1) is 12.4 Å². The maximum absolute atomic E-state index is 14.9. The zero-order valence-corrected chi connectivity index (χ0v) is 26.4. The van der Waals surface area contributed by atoms with Crippen LogP contribution in [0, 0.1) is 36.3 Å². The highest BCUT2D eigenvalue weighted by atomic mass is 35.5. The van der Waals surface area contributed by atoms with Gasteiger partial charge in [0, 0.05) is 61.3 Å². The minimum atomic E-state index is -1.07. The van der Waals surface area contributed by atoms with Crippen LogP contribution in [0.15, 0.2) is 48.9 Å². The number of benzene rings is 2. The summed E-state index contributed by atoms with van der Waals surface area (Å²) in [6.45, 7) is 5.87. The molecular formula is C33H36ClF2N7O3. The minimum Gasteiger partial charge on any atom is -0.494 e. The van der Waals surface area contributed by atoms with Crippen molar-refractivity contribution in [1.82, 2.24) is 29.5 Å². The van der Waals surface area contributed by atoms with Gasteiger partial charge >= 0.3 is 0 Å². The molecule has 2 unspecified atom stereocenters. The number of aromatic nitrogens is 3. The van der Waals surface area contributed by atoms with Crippen LogP contribution in [0.4, 0.5) is 20.3 Å². The van der Waals surface area contributed by atoms with Crippen LogP contribution >= 0.6 is 12.4 Å². The summed E-state index contributed by atoms with van der Waals surface area (Å²) in [5.41, 5.74) is 2.91. The largest absolute Gasteiger partial charge is 0.494 e. The molecule has 0 spiro atoms. The Morgan fingerprint density at radius 1 is 0.978 bits per heavy atom. The molecule has 2 bridgehead atoms. The van der Waals surface area contributed by atoms with Crippen molar-refractivity contribution >= 4 is 41.4 Å². The third-order valence-corrected chi connectivity index (χ3v) is 9.59. The smallest absolute Gasteiger partial charge is 0.254 e. The summed E-state index contributed by atoms with van der Waals surface area (Å²) in [4.78, 5) is 39.5. The molecule has 2 aliphatic heterocycles. The molecule has 7 rings (SSSR count). The SMILES string of the molecule is COc1ccc(-c2cnc3c(Nc4ccc(C(=O)N5CCN(C(=O)C6C7CCC6CNC7)CC5)c(C)c4)nccn23)c(F)c1F.Cl. The molecule has 1 saturated carbocycles. The number of piperazine rings is 1. The van der Waals surface area contributed by atoms with Crippen molar-refractivity contribution in [3.63, 3.8) is 0 Å². The van der Waals surface area contributed by atoms with Crippen LogP contribution in [0.5, 0.6) is 5.75 Å². The predicted molar refractivity (Wildman–Crippen MR) is 172 cm³/mol. The normalized spacial score (nSPS) is 20.8. The number of fused-ring (bicyclic) bond motifs is 3. The zero-order chi connectivity index (χ0) is 31.2. The van der Waals surface area contributed by atoms with E-state index < -0.39 is 11.6 Å². The van der Waals surface area contributed by atoms with Crippen LogP contribution in [-0.4, -0.2) is 82.4 Å². The number of carbonyl (C=O) groups excluding carboxylic acids is 2. The molecule has 2 saturated heterocycles. The molecule has 0 radical (unpaired) electrons. The number of piperidine rings is 1. The lowest BCUT2D eigenvalue weighted by molar-refractivity contribution is -0.140. The highest BCUT2D eigenvalue weighted by molar-refractivity contribution is 5.96. The van der Waals surface area contributed by atoms with Crippen molar-refractivity contribution in [2.45, 2.75) is 19.8 Å². The summed E-state index contributed by atoms with van der Waals surface area (Å²) in [7, 11) is 1.28. The summed E-state index contributed by atoms with van der Waals surface area (Å²) >= 11 is 0. The molecule has 2 aromatic heterocycles. The third kappa shape index (κ3) is 5.53. The van der Waals surface area contributed by atoms with E-state index in [1.165, 1.54) is 25.4 Å². The molecule has 2 atom stereocenters. The number of amides is 2. The van der Waals surface area contributed by atoms with Crippen molar-refractivity contribution in [2.75, 3.05) is 51.7 Å². The Labute approximate surface area is 271 Å². The maximum Gasteiger partial charge on any atom is 0.254 e. The van der Waals surface area contributed by atoms with Gasteiger partial charge in [0.2, 0.25) is 11.7 Å². The first-order valence-electron chi connectivity index (χ1n) is 15.3. The number of nitrogens with one attached hydrogen (secondary N) is 2. The van der Waals surface area contributed by atoms with Gasteiger partial charge in [-0.3, -0.25) is 14.0 Å². The fourth-order valence-electron chi connectivity index (χ4n) is 7.21. The summed E-state index contributed by atoms with van der Waals surface area (Å²) < 4.78 is 35.8. The van der Waals surface area contributed by atoms with Crippen molar-refractivity contribution in [3.8, 4) is 17.0 Å². The third-order valence-electron chi connectivity index (χ3n) is 9.59. The number of rotatable bonds is 6. The Kier molecular flexibility index (Phi) is 8.84. The van der Waals surface area contributed by atoms with Crippen LogP contribution in [0.3, 0.4) is 0 Å². The fraction of sp³-hybridized carbons (Fsp3) is 0.394. The fourth-order valence-corrected chi connectivity index (χ4v) is 7.21. The van der Waals surface area contributed by atoms with E-state index in [1.54, 1.807) is 28.9 Å². The van der Waals surface area contributed by atoms with E-state index in [1.807, 2.05) is 22.8 Å². The number of anilines is 2. The summed E-state index contributed by atoms with van der Waals surface area (Å²) in [6.07, 6.45) is 6.88. The number of methoxy groups -OCH3 is 1. The monoisotopic (exact) mass is 651 g/mol. The number of carbonyl (C=O) groups is 2. The maximum atomic E-state index is 14.9. The summed E-state index contributed by atoms with van der Waals surface area (Å²) in [5.74, 6) is -0.660. The van der Waals surface area contributed by atoms with Crippen molar-refractivity contribution in [1.29, 1.82) is 0 Å². The molecule has 10 nitrogen and oxygen atoms in total. The van der Waals surface area contributed by atoms with Crippen molar-refractivity contribution < 1.29 is 23.1 Å². The molecule has 1 aliphatic carbocycles. The van der Waals surface area contributed by atoms with E-state index in [2.05, 4.69) is 20.6 Å². The van der Waals surface area contributed by atoms with E-state index >= 15 is 0 Å². The van der Waals surface area contributed by atoms with Crippen LogP contribution in [0.1, 0.15) is 28.8 Å². The lowest BCUT2D eigenvalue weighted by atomic mass is 9.85. The number of halogens is 3. The number of nitrogens with zero attached hydrogens (tertiary/aromatic N) is 5. The van der Waals surface area contributed by atoms with Crippen LogP contribution < -0.4 is 15.4 Å². The minimum absolute atomic E-state index is 0. The average Bonchev–Trinajstić information content (AvgIpc) is 3.59. The van der Waals surface area contributed by atoms with Gasteiger partial charge in [-0.1, -0.05) is 0 Å². The van der Waals surface area contributed by atoms with Gasteiger partial charge in [0.15, 0.2) is 23.0 Å². The number of ether oxygens (including phenoxy) is 1. The van der Waals surface area contributed by atoms with Gasteiger partial charge in [-0.05, 0) is 80.6 Å². The second-order valence-electron chi connectivity index (χ2n) is 12.1. The second kappa shape index (κ2) is 12.8. The molecule has 2 N–H and O–H groups in total. The molecule has 3 fully saturated rings. The molecule has 2 aromatic carbocycles. The lowest BCUT2D eigenvalue weighted by Gasteiger charge is -2.39. The van der Waals surface area contributed by atoms with Gasteiger partial charge in [-0.2, -0.15) is 4.39 Å². The Morgan fingerprint density at radius 3 is 2.39 bits per heavy atom. The summed E-state index contributed by atoms with van der Waals surface area (Å²) in [5, 5.41) is 6.70. The van der Waals surface area contributed by atoms with E-state index in [-0.39, 0.29) is 41.5 Å². The molecule has 4 aromatic rings. The second-order valence-corrected chi connectivity index (χ2v) is 12.1. The Balaban J connectivity index is 0.00000372. The lowest BCUT2D eigenvalue weighted by Crippen LogP contribution is -2.54. The molecule has 242 valence electrons. The highest BCUT2D eigenvalue weighted by Gasteiger charge is 2.45. The Hall–Kier alpha value is -4.29. The van der Waals surface area contributed by atoms with Gasteiger partial charge in [0.25, 0.3) is 5.91 Å². The first-order chi connectivity index (χ1) is 21.8. The predicted octanol–water partition coefficient (Wildman–Crippen LogP) is 4.69. The topological polar surface area (TPSA) is 104 Å². The van der Waals surface area contributed by atoms with Gasteiger partial charge in [0.1, 0.15) is 0 Å². The molecule has 4 heterocycles. The molecule has 2 amide bonds. The number of hydrogen-bond donors (Lipinski definition) is 2. The van der Waals surface area contributed by atoms with Gasteiger partial charge < -0.3 is 25.2 Å².